The first kappa shape index (κ1) is 12.2. The van der Waals surface area contributed by atoms with Crippen molar-refractivity contribution in [2.45, 2.75) is 6.61 Å². The Balaban J connectivity index is 2.48. The minimum atomic E-state index is -2.84. The van der Waals surface area contributed by atoms with Gasteiger partial charge in [-0.1, -0.05) is 0 Å². The standard InChI is InChI=1S/C10H11F2NO3/c1-15-9(14)6-13-7-2-4-8(5-3-7)16-10(11)12/h2-5,10,13H,6H2,1H3. The second-order valence-electron chi connectivity index (χ2n) is 2.83. The highest BCUT2D eigenvalue weighted by Crippen LogP contribution is 2.17. The zero-order valence-corrected chi connectivity index (χ0v) is 8.57. The lowest BCUT2D eigenvalue weighted by Crippen LogP contribution is -2.14. The first-order chi connectivity index (χ1) is 7.61. The predicted molar refractivity (Wildman–Crippen MR) is 53.6 cm³/mol. The molecule has 0 heterocycles. The van der Waals surface area contributed by atoms with E-state index in [0.29, 0.717) is 5.69 Å². The number of hydrogen-bond acceptors (Lipinski definition) is 4. The molecule has 1 aromatic rings. The molecule has 0 aromatic heterocycles. The van der Waals surface area contributed by atoms with Crippen molar-refractivity contribution < 1.29 is 23.0 Å². The van der Waals surface area contributed by atoms with Crippen LogP contribution >= 0.6 is 0 Å². The molecule has 0 aliphatic heterocycles. The topological polar surface area (TPSA) is 47.6 Å². The van der Waals surface area contributed by atoms with Gasteiger partial charge < -0.3 is 14.8 Å². The summed E-state index contributed by atoms with van der Waals surface area (Å²) < 4.78 is 32.2. The van der Waals surface area contributed by atoms with Crippen molar-refractivity contribution in [3.05, 3.63) is 24.3 Å². The van der Waals surface area contributed by atoms with E-state index in [1.165, 1.54) is 31.4 Å². The van der Waals surface area contributed by atoms with Crippen molar-refractivity contribution in [1.82, 2.24) is 0 Å². The lowest BCUT2D eigenvalue weighted by atomic mass is 10.3. The Morgan fingerprint density at radius 3 is 2.50 bits per heavy atom. The number of nitrogens with one attached hydrogen (secondary N) is 1. The van der Waals surface area contributed by atoms with E-state index >= 15 is 0 Å². The van der Waals surface area contributed by atoms with Crippen LogP contribution in [0.5, 0.6) is 5.75 Å². The summed E-state index contributed by atoms with van der Waals surface area (Å²) >= 11 is 0. The van der Waals surface area contributed by atoms with E-state index in [0.717, 1.165) is 0 Å². The van der Waals surface area contributed by atoms with Crippen molar-refractivity contribution in [2.24, 2.45) is 0 Å². The molecule has 0 aliphatic carbocycles. The molecule has 0 fully saturated rings. The molecule has 0 amide bonds. The van der Waals surface area contributed by atoms with Gasteiger partial charge in [-0.2, -0.15) is 8.78 Å². The number of halogens is 2. The van der Waals surface area contributed by atoms with Gasteiger partial charge in [0.05, 0.1) is 7.11 Å². The molecule has 0 spiro atoms. The van der Waals surface area contributed by atoms with Gasteiger partial charge in [-0.3, -0.25) is 4.79 Å². The Hall–Kier alpha value is -1.85. The molecular weight excluding hydrogens is 220 g/mol. The molecule has 1 rings (SSSR count). The molecule has 0 saturated heterocycles. The van der Waals surface area contributed by atoms with Crippen LogP contribution in [0.25, 0.3) is 0 Å². The van der Waals surface area contributed by atoms with Gasteiger partial charge in [-0.15, -0.1) is 0 Å². The fourth-order valence-corrected chi connectivity index (χ4v) is 1.00. The summed E-state index contributed by atoms with van der Waals surface area (Å²) in [6, 6.07) is 5.82. The predicted octanol–water partition coefficient (Wildman–Crippen LogP) is 1.87. The summed E-state index contributed by atoms with van der Waals surface area (Å²) in [5.74, 6) is -0.341. The highest BCUT2D eigenvalue weighted by molar-refractivity contribution is 5.74. The number of rotatable bonds is 5. The number of carbonyl (C=O) groups excluding carboxylic acids is 1. The molecule has 6 heteroatoms. The van der Waals surface area contributed by atoms with Crippen LogP contribution in [0.15, 0.2) is 24.3 Å². The van der Waals surface area contributed by atoms with Crippen LogP contribution in [0.4, 0.5) is 14.5 Å². The largest absolute Gasteiger partial charge is 0.468 e. The van der Waals surface area contributed by atoms with Crippen LogP contribution in [-0.2, 0) is 9.53 Å². The summed E-state index contributed by atoms with van der Waals surface area (Å²) in [5.41, 5.74) is 0.618. The fraction of sp³-hybridized carbons (Fsp3) is 0.300. The number of benzene rings is 1. The van der Waals surface area contributed by atoms with E-state index in [1.807, 2.05) is 0 Å². The molecule has 88 valence electrons. The number of carbonyl (C=O) groups is 1. The molecular formula is C10H11F2NO3. The lowest BCUT2D eigenvalue weighted by molar-refractivity contribution is -0.138. The maximum atomic E-state index is 11.8. The third-order valence-electron chi connectivity index (χ3n) is 1.74. The van der Waals surface area contributed by atoms with E-state index in [-0.39, 0.29) is 12.3 Å². The molecule has 1 N–H and O–H groups in total. The smallest absolute Gasteiger partial charge is 0.387 e. The minimum Gasteiger partial charge on any atom is -0.468 e. The van der Waals surface area contributed by atoms with Gasteiger partial charge in [0.25, 0.3) is 0 Å². The van der Waals surface area contributed by atoms with Gasteiger partial charge >= 0.3 is 12.6 Å². The van der Waals surface area contributed by atoms with Crippen LogP contribution < -0.4 is 10.1 Å². The highest BCUT2D eigenvalue weighted by atomic mass is 19.3. The summed E-state index contributed by atoms with van der Waals surface area (Å²) in [5, 5.41) is 2.76. The molecule has 4 nitrogen and oxygen atoms in total. The number of alkyl halides is 2. The SMILES string of the molecule is COC(=O)CNc1ccc(OC(F)F)cc1. The Labute approximate surface area is 91.2 Å². The van der Waals surface area contributed by atoms with Crippen molar-refractivity contribution in [2.75, 3.05) is 19.0 Å². The van der Waals surface area contributed by atoms with Crippen molar-refractivity contribution in [3.8, 4) is 5.75 Å². The molecule has 1 aromatic carbocycles. The van der Waals surface area contributed by atoms with Crippen LogP contribution in [0.3, 0.4) is 0 Å². The summed E-state index contributed by atoms with van der Waals surface area (Å²) in [6.45, 7) is -2.82. The van der Waals surface area contributed by atoms with E-state index in [1.54, 1.807) is 0 Å². The molecule has 0 unspecified atom stereocenters. The van der Waals surface area contributed by atoms with Gasteiger partial charge in [0, 0.05) is 5.69 Å². The highest BCUT2D eigenvalue weighted by Gasteiger charge is 2.04. The van der Waals surface area contributed by atoms with E-state index in [4.69, 9.17) is 0 Å². The molecule has 0 aliphatic rings. The maximum Gasteiger partial charge on any atom is 0.387 e. The molecule has 0 atom stereocenters. The normalized spacial score (nSPS) is 10.0. The zero-order valence-electron chi connectivity index (χ0n) is 8.57. The molecule has 16 heavy (non-hydrogen) atoms. The van der Waals surface area contributed by atoms with Crippen LogP contribution in [0.1, 0.15) is 0 Å². The van der Waals surface area contributed by atoms with Crippen LogP contribution in [-0.4, -0.2) is 26.2 Å². The lowest BCUT2D eigenvalue weighted by Gasteiger charge is -2.07. The molecule has 0 bridgehead atoms. The Morgan fingerprint density at radius 2 is 2.00 bits per heavy atom. The van der Waals surface area contributed by atoms with Gasteiger partial charge in [-0.25, -0.2) is 0 Å². The third-order valence-corrected chi connectivity index (χ3v) is 1.74. The van der Waals surface area contributed by atoms with Gasteiger partial charge in [0.2, 0.25) is 0 Å². The minimum absolute atomic E-state index is 0.0194. The number of hydrogen-bond donors (Lipinski definition) is 1. The third kappa shape index (κ3) is 4.12. The zero-order chi connectivity index (χ0) is 12.0. The first-order valence-electron chi connectivity index (χ1n) is 4.47. The fourth-order valence-electron chi connectivity index (χ4n) is 1.00. The quantitative estimate of drug-likeness (QED) is 0.786. The van der Waals surface area contributed by atoms with Gasteiger partial charge in [-0.05, 0) is 24.3 Å². The van der Waals surface area contributed by atoms with Crippen LogP contribution in [0, 0.1) is 0 Å². The number of ether oxygens (including phenoxy) is 2. The summed E-state index contributed by atoms with van der Waals surface area (Å²) in [4.78, 5) is 10.8. The van der Waals surface area contributed by atoms with Crippen molar-refractivity contribution in [1.29, 1.82) is 0 Å². The Morgan fingerprint density at radius 1 is 1.38 bits per heavy atom. The Bertz CT molecular complexity index is 340. The number of esters is 1. The molecule has 0 saturated carbocycles. The van der Waals surface area contributed by atoms with Crippen LogP contribution in [0.2, 0.25) is 0 Å². The van der Waals surface area contributed by atoms with E-state index < -0.39 is 12.6 Å². The second-order valence-corrected chi connectivity index (χ2v) is 2.83. The second kappa shape index (κ2) is 5.89. The first-order valence-corrected chi connectivity index (χ1v) is 4.47. The average Bonchev–Trinajstić information content (AvgIpc) is 2.27. The Kier molecular flexibility index (Phi) is 4.50. The monoisotopic (exact) mass is 231 g/mol. The summed E-state index contributed by atoms with van der Waals surface area (Å²) in [7, 11) is 1.28. The van der Waals surface area contributed by atoms with Gasteiger partial charge in [0.15, 0.2) is 0 Å². The number of methoxy groups -OCH3 is 1. The molecule has 0 radical (unpaired) electrons. The van der Waals surface area contributed by atoms with Crippen molar-refractivity contribution >= 4 is 11.7 Å². The number of anilines is 1. The van der Waals surface area contributed by atoms with E-state index in [9.17, 15) is 13.6 Å². The van der Waals surface area contributed by atoms with Gasteiger partial charge in [0.1, 0.15) is 12.3 Å². The maximum absolute atomic E-state index is 11.8. The average molecular weight is 231 g/mol. The van der Waals surface area contributed by atoms with E-state index in [2.05, 4.69) is 14.8 Å². The summed E-state index contributed by atoms with van der Waals surface area (Å²) in [6.07, 6.45) is 0. The van der Waals surface area contributed by atoms with Crippen molar-refractivity contribution in [3.63, 3.8) is 0 Å².